The van der Waals surface area contributed by atoms with Crippen molar-refractivity contribution in [3.8, 4) is 0 Å². The van der Waals surface area contributed by atoms with Gasteiger partial charge in [0.15, 0.2) is 0 Å². The van der Waals surface area contributed by atoms with Gasteiger partial charge < -0.3 is 5.32 Å². The van der Waals surface area contributed by atoms with Gasteiger partial charge in [0.25, 0.3) is 0 Å². The minimum Gasteiger partial charge on any atom is -0.325 e. The first-order chi connectivity index (χ1) is 11.4. The summed E-state index contributed by atoms with van der Waals surface area (Å²) in [5, 5.41) is 2.58. The fraction of sp³-hybridized carbons (Fsp3) is 0.167. The molecular weight excluding hydrogens is 335 g/mol. The summed E-state index contributed by atoms with van der Waals surface area (Å²) >= 11 is 1.43. The molecule has 0 heterocycles. The highest BCUT2D eigenvalue weighted by molar-refractivity contribution is 8.00. The number of carbonyl (C=O) groups excluding carboxylic acids is 1. The second-order valence-electron chi connectivity index (χ2n) is 4.95. The van der Waals surface area contributed by atoms with E-state index in [0.29, 0.717) is 11.4 Å². The van der Waals surface area contributed by atoms with Crippen LogP contribution in [0.25, 0.3) is 6.08 Å². The van der Waals surface area contributed by atoms with Crippen molar-refractivity contribution in [1.29, 1.82) is 0 Å². The number of hydrogen-bond donors (Lipinski definition) is 1. The van der Waals surface area contributed by atoms with E-state index in [1.165, 1.54) is 23.9 Å². The van der Waals surface area contributed by atoms with E-state index in [-0.39, 0.29) is 11.7 Å². The Morgan fingerprint density at radius 3 is 2.33 bits per heavy atom. The highest BCUT2D eigenvalue weighted by atomic mass is 32.2. The van der Waals surface area contributed by atoms with Crippen molar-refractivity contribution in [1.82, 2.24) is 0 Å². The Hall–Kier alpha value is -2.21. The summed E-state index contributed by atoms with van der Waals surface area (Å²) in [7, 11) is 0. The van der Waals surface area contributed by atoms with E-state index in [9.17, 15) is 18.0 Å². The van der Waals surface area contributed by atoms with Crippen LogP contribution in [0, 0.1) is 0 Å². The number of nitrogens with one attached hydrogen (secondary N) is 1. The summed E-state index contributed by atoms with van der Waals surface area (Å²) in [6.07, 6.45) is -0.435. The molecular formula is C18H16F3NOS. The number of anilines is 1. The third kappa shape index (κ3) is 6.12. The van der Waals surface area contributed by atoms with Crippen molar-refractivity contribution in [2.24, 2.45) is 0 Å². The zero-order valence-corrected chi connectivity index (χ0v) is 13.5. The average molecular weight is 351 g/mol. The van der Waals surface area contributed by atoms with E-state index in [1.54, 1.807) is 0 Å². The van der Waals surface area contributed by atoms with Crippen LogP contribution in [0.4, 0.5) is 18.9 Å². The molecule has 0 spiro atoms. The van der Waals surface area contributed by atoms with Crippen molar-refractivity contribution in [3.63, 3.8) is 0 Å². The number of amides is 1. The van der Waals surface area contributed by atoms with Gasteiger partial charge in [-0.3, -0.25) is 4.79 Å². The first-order valence-corrected chi connectivity index (χ1v) is 8.37. The van der Waals surface area contributed by atoms with Crippen molar-refractivity contribution in [2.75, 3.05) is 16.8 Å². The fourth-order valence-corrected chi connectivity index (χ4v) is 2.52. The number of carbonyl (C=O) groups is 1. The molecule has 0 aliphatic rings. The second-order valence-corrected chi connectivity index (χ2v) is 5.98. The van der Waals surface area contributed by atoms with Gasteiger partial charge in [0.1, 0.15) is 0 Å². The SMILES string of the molecule is O=C(CSCC=Cc1ccccc1)Nc1ccc(C(F)(F)F)cc1. The fourth-order valence-electron chi connectivity index (χ4n) is 1.91. The van der Waals surface area contributed by atoms with Gasteiger partial charge in [0, 0.05) is 11.4 Å². The van der Waals surface area contributed by atoms with Crippen LogP contribution in [0.5, 0.6) is 0 Å². The molecule has 0 saturated carbocycles. The minimum atomic E-state index is -4.37. The largest absolute Gasteiger partial charge is 0.416 e. The molecule has 0 saturated heterocycles. The number of thioether (sulfide) groups is 1. The lowest BCUT2D eigenvalue weighted by Gasteiger charge is -2.08. The number of alkyl halides is 3. The lowest BCUT2D eigenvalue weighted by molar-refractivity contribution is -0.137. The van der Waals surface area contributed by atoms with Crippen LogP contribution < -0.4 is 5.32 Å². The molecule has 6 heteroatoms. The van der Waals surface area contributed by atoms with Crippen LogP contribution >= 0.6 is 11.8 Å². The third-order valence-electron chi connectivity index (χ3n) is 3.05. The first kappa shape index (κ1) is 18.1. The van der Waals surface area contributed by atoms with Gasteiger partial charge in [-0.25, -0.2) is 0 Å². The van der Waals surface area contributed by atoms with E-state index in [1.807, 2.05) is 42.5 Å². The van der Waals surface area contributed by atoms with Gasteiger partial charge >= 0.3 is 6.18 Å². The van der Waals surface area contributed by atoms with E-state index in [0.717, 1.165) is 17.7 Å². The van der Waals surface area contributed by atoms with Crippen LogP contribution in [0.3, 0.4) is 0 Å². The van der Waals surface area contributed by atoms with Gasteiger partial charge in [-0.15, -0.1) is 11.8 Å². The van der Waals surface area contributed by atoms with Gasteiger partial charge in [0.2, 0.25) is 5.91 Å². The molecule has 0 fully saturated rings. The molecule has 0 radical (unpaired) electrons. The molecule has 0 atom stereocenters. The maximum absolute atomic E-state index is 12.4. The molecule has 2 nitrogen and oxygen atoms in total. The molecule has 0 bridgehead atoms. The molecule has 126 valence electrons. The Bertz CT molecular complexity index is 682. The van der Waals surface area contributed by atoms with Crippen LogP contribution in [0.1, 0.15) is 11.1 Å². The molecule has 2 rings (SSSR count). The molecule has 2 aromatic rings. The van der Waals surface area contributed by atoms with Gasteiger partial charge in [0.05, 0.1) is 11.3 Å². The monoisotopic (exact) mass is 351 g/mol. The van der Waals surface area contributed by atoms with Gasteiger partial charge in [-0.2, -0.15) is 13.2 Å². The third-order valence-corrected chi connectivity index (χ3v) is 3.95. The van der Waals surface area contributed by atoms with E-state index in [4.69, 9.17) is 0 Å². The number of halogens is 3. The lowest BCUT2D eigenvalue weighted by Crippen LogP contribution is -2.14. The Kier molecular flexibility index (Phi) is 6.49. The Morgan fingerprint density at radius 2 is 1.71 bits per heavy atom. The van der Waals surface area contributed by atoms with Crippen molar-refractivity contribution in [2.45, 2.75) is 6.18 Å². The molecule has 1 N–H and O–H groups in total. The maximum Gasteiger partial charge on any atom is 0.416 e. The van der Waals surface area contributed by atoms with Crippen molar-refractivity contribution < 1.29 is 18.0 Å². The summed E-state index contributed by atoms with van der Waals surface area (Å²) in [6.45, 7) is 0. The summed E-state index contributed by atoms with van der Waals surface area (Å²) in [5.41, 5.74) is 0.710. The Morgan fingerprint density at radius 1 is 1.04 bits per heavy atom. The molecule has 0 aliphatic carbocycles. The summed E-state index contributed by atoms with van der Waals surface area (Å²) in [6, 6.07) is 14.2. The van der Waals surface area contributed by atoms with E-state index < -0.39 is 11.7 Å². The van der Waals surface area contributed by atoms with Crippen LogP contribution in [0.15, 0.2) is 60.7 Å². The lowest BCUT2D eigenvalue weighted by atomic mass is 10.2. The van der Waals surface area contributed by atoms with Crippen LogP contribution in [-0.2, 0) is 11.0 Å². The predicted octanol–water partition coefficient (Wildman–Crippen LogP) is 5.09. The average Bonchev–Trinajstić information content (AvgIpc) is 2.55. The topological polar surface area (TPSA) is 29.1 Å². The first-order valence-electron chi connectivity index (χ1n) is 7.21. The van der Waals surface area contributed by atoms with E-state index >= 15 is 0 Å². The molecule has 0 aromatic heterocycles. The van der Waals surface area contributed by atoms with Crippen LogP contribution in [-0.4, -0.2) is 17.4 Å². The Balaban J connectivity index is 1.72. The summed E-state index contributed by atoms with van der Waals surface area (Å²) in [5.74, 6) is 0.669. The van der Waals surface area contributed by atoms with E-state index in [2.05, 4.69) is 5.32 Å². The quantitative estimate of drug-likeness (QED) is 0.735. The highest BCUT2D eigenvalue weighted by Crippen LogP contribution is 2.29. The van der Waals surface area contributed by atoms with Gasteiger partial charge in [-0.1, -0.05) is 42.5 Å². The molecule has 0 unspecified atom stereocenters. The molecule has 1 amide bonds. The molecule has 0 aliphatic heterocycles. The highest BCUT2D eigenvalue weighted by Gasteiger charge is 2.29. The van der Waals surface area contributed by atoms with Crippen molar-refractivity contribution in [3.05, 3.63) is 71.8 Å². The van der Waals surface area contributed by atoms with Crippen molar-refractivity contribution >= 4 is 29.4 Å². The standard InChI is InChI=1S/C18H16F3NOS/c19-18(20,21)15-8-10-16(11-9-15)22-17(23)13-24-12-4-7-14-5-2-1-3-6-14/h1-11H,12-13H2,(H,22,23). The normalized spacial score (nSPS) is 11.6. The van der Waals surface area contributed by atoms with Crippen LogP contribution in [0.2, 0.25) is 0 Å². The minimum absolute atomic E-state index is 0.236. The summed E-state index contributed by atoms with van der Waals surface area (Å²) in [4.78, 5) is 11.7. The second kappa shape index (κ2) is 8.59. The van der Waals surface area contributed by atoms with Gasteiger partial charge in [-0.05, 0) is 29.8 Å². The Labute approximate surface area is 142 Å². The number of rotatable bonds is 6. The zero-order valence-electron chi connectivity index (χ0n) is 12.7. The number of benzene rings is 2. The maximum atomic E-state index is 12.4. The number of hydrogen-bond acceptors (Lipinski definition) is 2. The molecule has 24 heavy (non-hydrogen) atoms. The smallest absolute Gasteiger partial charge is 0.325 e. The molecule has 2 aromatic carbocycles. The predicted molar refractivity (Wildman–Crippen MR) is 92.9 cm³/mol. The zero-order chi connectivity index (χ0) is 17.4. The summed E-state index contributed by atoms with van der Waals surface area (Å²) < 4.78 is 37.3.